The van der Waals surface area contributed by atoms with E-state index in [-0.39, 0.29) is 11.9 Å². The molecule has 1 aromatic heterocycles. The van der Waals surface area contributed by atoms with E-state index < -0.39 is 5.54 Å². The molecule has 2 N–H and O–H groups in total. The van der Waals surface area contributed by atoms with Gasteiger partial charge in [-0.1, -0.05) is 6.92 Å². The van der Waals surface area contributed by atoms with E-state index in [9.17, 15) is 4.79 Å². The van der Waals surface area contributed by atoms with Crippen molar-refractivity contribution in [2.45, 2.75) is 45.7 Å². The van der Waals surface area contributed by atoms with Gasteiger partial charge in [0, 0.05) is 37.3 Å². The van der Waals surface area contributed by atoms with E-state index in [0.29, 0.717) is 0 Å². The maximum Gasteiger partial charge on any atom is 0.240 e. The number of thiazole rings is 1. The van der Waals surface area contributed by atoms with Gasteiger partial charge < -0.3 is 10.6 Å². The second-order valence-electron chi connectivity index (χ2n) is 6.01. The predicted octanol–water partition coefficient (Wildman–Crippen LogP) is 1.57. The fraction of sp³-hybridized carbons (Fsp3) is 0.733. The zero-order chi connectivity index (χ0) is 15.5. The molecule has 1 aromatic rings. The molecule has 0 aliphatic carbocycles. The maximum atomic E-state index is 12.6. The summed E-state index contributed by atoms with van der Waals surface area (Å²) in [7, 11) is 0. The van der Waals surface area contributed by atoms with Crippen molar-refractivity contribution < 1.29 is 4.79 Å². The van der Waals surface area contributed by atoms with Gasteiger partial charge in [-0.25, -0.2) is 4.98 Å². The van der Waals surface area contributed by atoms with Crippen molar-refractivity contribution in [1.82, 2.24) is 20.5 Å². The Kier molecular flexibility index (Phi) is 5.35. The Balaban J connectivity index is 1.98. The minimum atomic E-state index is -0.485. The van der Waals surface area contributed by atoms with Crippen molar-refractivity contribution in [3.05, 3.63) is 16.1 Å². The number of hydrogen-bond acceptors (Lipinski definition) is 5. The topological polar surface area (TPSA) is 57.3 Å². The number of piperazine rings is 1. The van der Waals surface area contributed by atoms with Gasteiger partial charge in [0.15, 0.2) is 0 Å². The molecule has 0 saturated carbocycles. The van der Waals surface area contributed by atoms with E-state index >= 15 is 0 Å². The molecule has 1 aliphatic rings. The standard InChI is InChI=1S/C15H26N4OS/c1-5-12-10-17-13(21-12)11(2)18-14(20)15(3,4)19-8-6-16-7-9-19/h10-11,16H,5-9H2,1-4H3,(H,18,20). The number of carbonyl (C=O) groups is 1. The molecule has 1 amide bonds. The first-order valence-electron chi connectivity index (χ1n) is 7.66. The van der Waals surface area contributed by atoms with Crippen LogP contribution in [0.25, 0.3) is 0 Å². The van der Waals surface area contributed by atoms with E-state index in [0.717, 1.165) is 37.6 Å². The Labute approximate surface area is 131 Å². The van der Waals surface area contributed by atoms with Crippen LogP contribution in [-0.4, -0.2) is 47.5 Å². The van der Waals surface area contributed by atoms with Crippen LogP contribution in [0.15, 0.2) is 6.20 Å². The summed E-state index contributed by atoms with van der Waals surface area (Å²) in [5.74, 6) is 0.0742. The smallest absolute Gasteiger partial charge is 0.240 e. The van der Waals surface area contributed by atoms with Gasteiger partial charge in [-0.3, -0.25) is 9.69 Å². The molecule has 1 aliphatic heterocycles. The lowest BCUT2D eigenvalue weighted by Crippen LogP contribution is -2.60. The van der Waals surface area contributed by atoms with Gasteiger partial charge in [0.1, 0.15) is 5.01 Å². The lowest BCUT2D eigenvalue weighted by molar-refractivity contribution is -0.132. The number of nitrogens with zero attached hydrogens (tertiary/aromatic N) is 2. The fourth-order valence-electron chi connectivity index (χ4n) is 2.49. The summed E-state index contributed by atoms with van der Waals surface area (Å²) < 4.78 is 0. The van der Waals surface area contributed by atoms with Gasteiger partial charge in [0.25, 0.3) is 0 Å². The highest BCUT2D eigenvalue weighted by Crippen LogP contribution is 2.22. The second kappa shape index (κ2) is 6.85. The zero-order valence-electron chi connectivity index (χ0n) is 13.4. The average molecular weight is 310 g/mol. The van der Waals surface area contributed by atoms with Crippen molar-refractivity contribution in [1.29, 1.82) is 0 Å². The molecule has 1 unspecified atom stereocenters. The highest BCUT2D eigenvalue weighted by atomic mass is 32.1. The average Bonchev–Trinajstić information content (AvgIpc) is 2.97. The first-order chi connectivity index (χ1) is 9.95. The molecular weight excluding hydrogens is 284 g/mol. The molecule has 0 bridgehead atoms. The molecule has 0 spiro atoms. The third-order valence-corrected chi connectivity index (χ3v) is 5.43. The molecule has 0 radical (unpaired) electrons. The van der Waals surface area contributed by atoms with Crippen LogP contribution in [0.5, 0.6) is 0 Å². The minimum Gasteiger partial charge on any atom is -0.346 e. The van der Waals surface area contributed by atoms with E-state index in [2.05, 4.69) is 27.4 Å². The third kappa shape index (κ3) is 3.81. The van der Waals surface area contributed by atoms with E-state index in [1.165, 1.54) is 4.88 Å². The highest BCUT2D eigenvalue weighted by molar-refractivity contribution is 7.11. The van der Waals surface area contributed by atoms with E-state index in [4.69, 9.17) is 0 Å². The number of aromatic nitrogens is 1. The van der Waals surface area contributed by atoms with Crippen LogP contribution < -0.4 is 10.6 Å². The summed E-state index contributed by atoms with van der Waals surface area (Å²) >= 11 is 1.68. The molecule has 0 aromatic carbocycles. The quantitative estimate of drug-likeness (QED) is 0.867. The van der Waals surface area contributed by atoms with Crippen molar-refractivity contribution in [2.24, 2.45) is 0 Å². The summed E-state index contributed by atoms with van der Waals surface area (Å²) in [6.45, 7) is 11.8. The molecule has 21 heavy (non-hydrogen) atoms. The predicted molar refractivity (Wildman–Crippen MR) is 86.6 cm³/mol. The number of aryl methyl sites for hydroxylation is 1. The van der Waals surface area contributed by atoms with Gasteiger partial charge in [0.05, 0.1) is 11.6 Å². The zero-order valence-corrected chi connectivity index (χ0v) is 14.2. The van der Waals surface area contributed by atoms with Gasteiger partial charge in [-0.2, -0.15) is 0 Å². The summed E-state index contributed by atoms with van der Waals surface area (Å²) in [5, 5.41) is 7.42. The van der Waals surface area contributed by atoms with Crippen molar-refractivity contribution in [2.75, 3.05) is 26.2 Å². The number of carbonyl (C=O) groups excluding carboxylic acids is 1. The molecule has 1 saturated heterocycles. The monoisotopic (exact) mass is 310 g/mol. The molecular formula is C15H26N4OS. The Morgan fingerprint density at radius 2 is 2.19 bits per heavy atom. The minimum absolute atomic E-state index is 0.0370. The van der Waals surface area contributed by atoms with Crippen molar-refractivity contribution in [3.8, 4) is 0 Å². The second-order valence-corrected chi connectivity index (χ2v) is 7.16. The summed E-state index contributed by atoms with van der Waals surface area (Å²) in [6, 6.07) is -0.0370. The lowest BCUT2D eigenvalue weighted by atomic mass is 10.00. The number of hydrogen-bond donors (Lipinski definition) is 2. The van der Waals surface area contributed by atoms with Crippen LogP contribution in [0.1, 0.15) is 43.6 Å². The van der Waals surface area contributed by atoms with Gasteiger partial charge in [-0.15, -0.1) is 11.3 Å². The van der Waals surface area contributed by atoms with Crippen LogP contribution in [0.3, 0.4) is 0 Å². The van der Waals surface area contributed by atoms with Crippen LogP contribution in [0.2, 0.25) is 0 Å². The van der Waals surface area contributed by atoms with Gasteiger partial charge >= 0.3 is 0 Å². The number of nitrogens with one attached hydrogen (secondary N) is 2. The van der Waals surface area contributed by atoms with Gasteiger partial charge in [0.2, 0.25) is 5.91 Å². The maximum absolute atomic E-state index is 12.6. The molecule has 1 fully saturated rings. The first-order valence-corrected chi connectivity index (χ1v) is 8.48. The van der Waals surface area contributed by atoms with E-state index in [1.807, 2.05) is 27.0 Å². The Morgan fingerprint density at radius 3 is 2.76 bits per heavy atom. The Hall–Kier alpha value is -0.980. The molecule has 6 heteroatoms. The Bertz CT molecular complexity index is 480. The van der Waals surface area contributed by atoms with Crippen molar-refractivity contribution >= 4 is 17.2 Å². The molecule has 118 valence electrons. The molecule has 1 atom stereocenters. The van der Waals surface area contributed by atoms with Crippen molar-refractivity contribution in [3.63, 3.8) is 0 Å². The van der Waals surface area contributed by atoms with Gasteiger partial charge in [-0.05, 0) is 27.2 Å². The van der Waals surface area contributed by atoms with Crippen LogP contribution in [0.4, 0.5) is 0 Å². The van der Waals surface area contributed by atoms with Crippen LogP contribution in [0, 0.1) is 0 Å². The first kappa shape index (κ1) is 16.4. The summed E-state index contributed by atoms with van der Waals surface area (Å²) in [6.07, 6.45) is 2.90. The summed E-state index contributed by atoms with van der Waals surface area (Å²) in [5.41, 5.74) is -0.485. The largest absolute Gasteiger partial charge is 0.346 e. The van der Waals surface area contributed by atoms with Crippen LogP contribution in [-0.2, 0) is 11.2 Å². The Morgan fingerprint density at radius 1 is 1.52 bits per heavy atom. The third-order valence-electron chi connectivity index (χ3n) is 4.10. The SMILES string of the molecule is CCc1cnc(C(C)NC(=O)C(C)(C)N2CCNCC2)s1. The number of amides is 1. The molecule has 2 rings (SSSR count). The fourth-order valence-corrected chi connectivity index (χ4v) is 3.35. The molecule has 2 heterocycles. The normalized spacial score (nSPS) is 18.5. The lowest BCUT2D eigenvalue weighted by Gasteiger charge is -2.40. The highest BCUT2D eigenvalue weighted by Gasteiger charge is 2.35. The summed E-state index contributed by atoms with van der Waals surface area (Å²) in [4.78, 5) is 20.5. The number of rotatable bonds is 5. The van der Waals surface area contributed by atoms with E-state index in [1.54, 1.807) is 11.3 Å². The van der Waals surface area contributed by atoms with Crippen LogP contribution >= 0.6 is 11.3 Å². The molecule has 5 nitrogen and oxygen atoms in total.